The third-order valence-electron chi connectivity index (χ3n) is 5.43. The highest BCUT2D eigenvalue weighted by Gasteiger charge is 2.27. The highest BCUT2D eigenvalue weighted by molar-refractivity contribution is 5.95. The van der Waals surface area contributed by atoms with Crippen LogP contribution in [0.25, 0.3) is 0 Å². The minimum absolute atomic E-state index is 0.0209. The summed E-state index contributed by atoms with van der Waals surface area (Å²) in [6, 6.07) is 9.42. The number of nitrogen functional groups attached to an aromatic ring is 1. The number of nitrogens with two attached hydrogens (primary N) is 1. The van der Waals surface area contributed by atoms with Crippen LogP contribution in [0.3, 0.4) is 0 Å². The third kappa shape index (κ3) is 4.95. The lowest BCUT2D eigenvalue weighted by atomic mass is 10.0. The van der Waals surface area contributed by atoms with Crippen LogP contribution < -0.4 is 21.9 Å². The normalized spacial score (nSPS) is 14.2. The smallest absolute Gasteiger partial charge is 0.330 e. The second-order valence-electron chi connectivity index (χ2n) is 7.46. The van der Waals surface area contributed by atoms with Crippen molar-refractivity contribution in [2.75, 3.05) is 24.4 Å². The lowest BCUT2D eigenvalue weighted by Gasteiger charge is -2.26. The predicted molar refractivity (Wildman–Crippen MR) is 112 cm³/mol. The van der Waals surface area contributed by atoms with E-state index in [2.05, 4.69) is 4.98 Å². The van der Waals surface area contributed by atoms with Gasteiger partial charge in [-0.2, -0.15) is 0 Å². The number of H-pyrrole nitrogens is 1. The number of aromatic amines is 1. The third-order valence-corrected chi connectivity index (χ3v) is 5.43. The molecule has 0 saturated heterocycles. The average molecular weight is 400 g/mol. The summed E-state index contributed by atoms with van der Waals surface area (Å²) in [5.41, 5.74) is 5.85. The summed E-state index contributed by atoms with van der Waals surface area (Å²) < 4.78 is 6.27. The number of hydrogen-bond acceptors (Lipinski definition) is 5. The molecule has 8 heteroatoms. The number of carbonyl (C=O) groups excluding carboxylic acids is 1. The molecule has 1 heterocycles. The van der Waals surface area contributed by atoms with Gasteiger partial charge in [0.25, 0.3) is 5.56 Å². The Bertz CT molecular complexity index is 945. The van der Waals surface area contributed by atoms with E-state index in [1.807, 2.05) is 30.3 Å². The van der Waals surface area contributed by atoms with E-state index in [0.29, 0.717) is 12.3 Å². The van der Waals surface area contributed by atoms with E-state index in [0.717, 1.165) is 31.2 Å². The minimum Gasteiger partial charge on any atom is -0.383 e. The van der Waals surface area contributed by atoms with Gasteiger partial charge in [0.05, 0.1) is 19.7 Å². The summed E-state index contributed by atoms with van der Waals surface area (Å²) in [5.74, 6) is 0.141. The van der Waals surface area contributed by atoms with Crippen molar-refractivity contribution in [2.45, 2.75) is 45.2 Å². The molecular formula is C21H28N4O4. The van der Waals surface area contributed by atoms with E-state index >= 15 is 0 Å². The Morgan fingerprint density at radius 3 is 2.59 bits per heavy atom. The summed E-state index contributed by atoms with van der Waals surface area (Å²) in [6.07, 6.45) is 4.65. The molecule has 29 heavy (non-hydrogen) atoms. The largest absolute Gasteiger partial charge is 0.383 e. The molecule has 1 aliphatic carbocycles. The first-order chi connectivity index (χ1) is 14.0. The lowest BCUT2D eigenvalue weighted by Crippen LogP contribution is -2.41. The van der Waals surface area contributed by atoms with Crippen molar-refractivity contribution in [1.29, 1.82) is 0 Å². The van der Waals surface area contributed by atoms with Crippen LogP contribution in [-0.4, -0.2) is 29.2 Å². The van der Waals surface area contributed by atoms with Gasteiger partial charge >= 0.3 is 5.69 Å². The number of benzene rings is 1. The van der Waals surface area contributed by atoms with E-state index in [4.69, 9.17) is 10.5 Å². The molecule has 1 aliphatic rings. The van der Waals surface area contributed by atoms with E-state index in [1.165, 1.54) is 16.6 Å². The number of hydrogen-bond donors (Lipinski definition) is 2. The van der Waals surface area contributed by atoms with E-state index in [9.17, 15) is 14.4 Å². The van der Waals surface area contributed by atoms with Crippen molar-refractivity contribution < 1.29 is 9.53 Å². The van der Waals surface area contributed by atoms with Gasteiger partial charge in [0.2, 0.25) is 5.91 Å². The Balaban J connectivity index is 2.01. The highest BCUT2D eigenvalue weighted by atomic mass is 16.5. The fourth-order valence-corrected chi connectivity index (χ4v) is 3.87. The highest BCUT2D eigenvalue weighted by Crippen LogP contribution is 2.29. The van der Waals surface area contributed by atoms with Crippen LogP contribution in [0.1, 0.15) is 37.7 Å². The molecule has 1 aromatic carbocycles. The molecule has 8 nitrogen and oxygen atoms in total. The van der Waals surface area contributed by atoms with Crippen molar-refractivity contribution in [3.8, 4) is 0 Å². The van der Waals surface area contributed by atoms with Crippen LogP contribution in [0.15, 0.2) is 39.9 Å². The predicted octanol–water partition coefficient (Wildman–Crippen LogP) is 1.88. The molecule has 156 valence electrons. The molecule has 3 rings (SSSR count). The summed E-state index contributed by atoms with van der Waals surface area (Å²) >= 11 is 0. The first kappa shape index (κ1) is 20.9. The van der Waals surface area contributed by atoms with Crippen molar-refractivity contribution >= 4 is 17.4 Å². The fraction of sp³-hybridized carbons (Fsp3) is 0.476. The lowest BCUT2D eigenvalue weighted by molar-refractivity contribution is -0.119. The second kappa shape index (κ2) is 9.56. The van der Waals surface area contributed by atoms with Gasteiger partial charge in [-0.3, -0.25) is 19.1 Å². The minimum atomic E-state index is -0.656. The molecule has 0 spiro atoms. The van der Waals surface area contributed by atoms with Crippen LogP contribution in [0, 0.1) is 5.92 Å². The molecule has 1 saturated carbocycles. The first-order valence-corrected chi connectivity index (χ1v) is 9.97. The molecule has 1 aromatic heterocycles. The molecule has 0 bridgehead atoms. The summed E-state index contributed by atoms with van der Waals surface area (Å²) in [4.78, 5) is 41.8. The summed E-state index contributed by atoms with van der Waals surface area (Å²) in [7, 11) is 1.51. The van der Waals surface area contributed by atoms with Gasteiger partial charge in [0.1, 0.15) is 5.82 Å². The molecular weight excluding hydrogens is 372 g/mol. The summed E-state index contributed by atoms with van der Waals surface area (Å²) in [6.45, 7) is 0.646. The Labute approximate surface area is 169 Å². The topological polar surface area (TPSA) is 110 Å². The van der Waals surface area contributed by atoms with Gasteiger partial charge in [0.15, 0.2) is 5.69 Å². The van der Waals surface area contributed by atoms with Crippen LogP contribution in [0.4, 0.5) is 11.5 Å². The second-order valence-corrected chi connectivity index (χ2v) is 7.46. The van der Waals surface area contributed by atoms with Crippen molar-refractivity contribution in [3.05, 3.63) is 56.7 Å². The van der Waals surface area contributed by atoms with Crippen molar-refractivity contribution in [2.24, 2.45) is 5.92 Å². The van der Waals surface area contributed by atoms with E-state index in [1.54, 1.807) is 0 Å². The van der Waals surface area contributed by atoms with Gasteiger partial charge in [-0.15, -0.1) is 0 Å². The fourth-order valence-electron chi connectivity index (χ4n) is 3.87. The molecule has 1 amide bonds. The molecule has 0 unspecified atom stereocenters. The number of aromatic nitrogens is 2. The Morgan fingerprint density at radius 2 is 1.93 bits per heavy atom. The SMILES string of the molecule is COCCn1c(N)c(N(Cc2ccccc2)C(=O)CC2CCCC2)c(=O)[nH]c1=O. The Kier molecular flexibility index (Phi) is 6.87. The molecule has 1 fully saturated rings. The van der Waals surface area contributed by atoms with Crippen LogP contribution in [0.2, 0.25) is 0 Å². The molecule has 2 aromatic rings. The molecule has 0 aliphatic heterocycles. The van der Waals surface area contributed by atoms with E-state index in [-0.39, 0.29) is 37.1 Å². The van der Waals surface area contributed by atoms with Gasteiger partial charge in [-0.1, -0.05) is 43.2 Å². The zero-order valence-corrected chi connectivity index (χ0v) is 16.7. The van der Waals surface area contributed by atoms with Gasteiger partial charge < -0.3 is 15.4 Å². The molecule has 0 radical (unpaired) electrons. The van der Waals surface area contributed by atoms with Gasteiger partial charge in [-0.25, -0.2) is 4.79 Å². The standard InChI is InChI=1S/C21H28N4O4/c1-29-12-11-24-19(22)18(20(27)23-21(24)28)25(14-16-9-3-2-4-10-16)17(26)13-15-7-5-6-8-15/h2-4,9-10,15H,5-8,11-14,22H2,1H3,(H,23,27,28). The number of rotatable bonds is 8. The zero-order valence-electron chi connectivity index (χ0n) is 16.7. The summed E-state index contributed by atoms with van der Waals surface area (Å²) in [5, 5.41) is 0. The molecule has 0 atom stereocenters. The number of anilines is 2. The number of methoxy groups -OCH3 is 1. The number of amides is 1. The van der Waals surface area contributed by atoms with Crippen molar-refractivity contribution in [3.63, 3.8) is 0 Å². The maximum Gasteiger partial charge on any atom is 0.330 e. The first-order valence-electron chi connectivity index (χ1n) is 9.97. The van der Waals surface area contributed by atoms with Gasteiger partial charge in [0, 0.05) is 13.5 Å². The number of ether oxygens (including phenoxy) is 1. The number of nitrogens with zero attached hydrogens (tertiary/aromatic N) is 2. The van der Waals surface area contributed by atoms with E-state index < -0.39 is 11.2 Å². The average Bonchev–Trinajstić information content (AvgIpc) is 3.20. The Hall–Kier alpha value is -2.87. The van der Waals surface area contributed by atoms with Crippen LogP contribution in [-0.2, 0) is 22.6 Å². The quantitative estimate of drug-likeness (QED) is 0.703. The van der Waals surface area contributed by atoms with Gasteiger partial charge in [-0.05, 0) is 24.3 Å². The Morgan fingerprint density at radius 1 is 1.24 bits per heavy atom. The number of carbonyl (C=O) groups is 1. The van der Waals surface area contributed by atoms with Crippen LogP contribution >= 0.6 is 0 Å². The molecule has 3 N–H and O–H groups in total. The number of nitrogens with one attached hydrogen (secondary N) is 1. The van der Waals surface area contributed by atoms with Crippen molar-refractivity contribution in [1.82, 2.24) is 9.55 Å². The maximum absolute atomic E-state index is 13.2. The zero-order chi connectivity index (χ0) is 20.8. The monoisotopic (exact) mass is 400 g/mol. The van der Waals surface area contributed by atoms with Crippen LogP contribution in [0.5, 0.6) is 0 Å². The maximum atomic E-state index is 13.2.